The first-order valence-corrected chi connectivity index (χ1v) is 9.39. The SMILES string of the molecule is Cc1ccc(NC(=O)NC(=O)COC(=O)c2ccc3c(c2)CCCC3)c(C)c1. The summed E-state index contributed by atoms with van der Waals surface area (Å²) in [7, 11) is 0. The Balaban J connectivity index is 1.49. The van der Waals surface area contributed by atoms with Gasteiger partial charge in [0.2, 0.25) is 0 Å². The van der Waals surface area contributed by atoms with Crippen LogP contribution in [0.3, 0.4) is 0 Å². The number of benzene rings is 2. The number of anilines is 1. The van der Waals surface area contributed by atoms with Crippen molar-refractivity contribution in [2.75, 3.05) is 11.9 Å². The van der Waals surface area contributed by atoms with Crippen molar-refractivity contribution < 1.29 is 19.1 Å². The molecule has 6 heteroatoms. The Morgan fingerprint density at radius 1 is 0.964 bits per heavy atom. The molecule has 2 aromatic rings. The molecule has 0 heterocycles. The summed E-state index contributed by atoms with van der Waals surface area (Å²) in [6.45, 7) is 3.30. The lowest BCUT2D eigenvalue weighted by Gasteiger charge is -2.16. The van der Waals surface area contributed by atoms with Crippen molar-refractivity contribution >= 4 is 23.6 Å². The first-order chi connectivity index (χ1) is 13.4. The summed E-state index contributed by atoms with van der Waals surface area (Å²) in [5.41, 5.74) is 5.44. The summed E-state index contributed by atoms with van der Waals surface area (Å²) < 4.78 is 5.04. The zero-order valence-electron chi connectivity index (χ0n) is 16.1. The van der Waals surface area contributed by atoms with Crippen molar-refractivity contribution in [2.24, 2.45) is 0 Å². The molecule has 28 heavy (non-hydrogen) atoms. The molecular formula is C22H24N2O4. The average molecular weight is 380 g/mol. The summed E-state index contributed by atoms with van der Waals surface area (Å²) in [6, 6.07) is 10.4. The van der Waals surface area contributed by atoms with Gasteiger partial charge in [0.15, 0.2) is 6.61 Å². The summed E-state index contributed by atoms with van der Waals surface area (Å²) in [5, 5.41) is 4.77. The summed E-state index contributed by atoms with van der Waals surface area (Å²) >= 11 is 0. The third-order valence-electron chi connectivity index (χ3n) is 4.80. The van der Waals surface area contributed by atoms with Crippen LogP contribution < -0.4 is 10.6 Å². The Labute approximate surface area is 164 Å². The van der Waals surface area contributed by atoms with Crippen LogP contribution in [0.2, 0.25) is 0 Å². The molecule has 1 aliphatic carbocycles. The molecule has 0 saturated heterocycles. The van der Waals surface area contributed by atoms with Gasteiger partial charge < -0.3 is 10.1 Å². The van der Waals surface area contributed by atoms with Gasteiger partial charge in [0, 0.05) is 5.69 Å². The minimum Gasteiger partial charge on any atom is -0.452 e. The van der Waals surface area contributed by atoms with Crippen molar-refractivity contribution in [2.45, 2.75) is 39.5 Å². The summed E-state index contributed by atoms with van der Waals surface area (Å²) in [6.07, 6.45) is 4.27. The normalized spacial score (nSPS) is 12.6. The Kier molecular flexibility index (Phi) is 6.09. The molecule has 0 fully saturated rings. The zero-order chi connectivity index (χ0) is 20.1. The lowest BCUT2D eigenvalue weighted by molar-refractivity contribution is -0.123. The van der Waals surface area contributed by atoms with Crippen LogP contribution in [0.25, 0.3) is 0 Å². The van der Waals surface area contributed by atoms with Crippen molar-refractivity contribution in [3.63, 3.8) is 0 Å². The zero-order valence-corrected chi connectivity index (χ0v) is 16.1. The van der Waals surface area contributed by atoms with Crippen LogP contribution in [0.1, 0.15) is 45.5 Å². The molecule has 3 rings (SSSR count). The fraction of sp³-hybridized carbons (Fsp3) is 0.318. The first-order valence-electron chi connectivity index (χ1n) is 9.39. The molecule has 0 atom stereocenters. The number of ether oxygens (including phenoxy) is 1. The Hall–Kier alpha value is -3.15. The number of amides is 3. The molecule has 1 aliphatic rings. The molecule has 0 unspecified atom stereocenters. The van der Waals surface area contributed by atoms with E-state index in [-0.39, 0.29) is 0 Å². The Bertz CT molecular complexity index is 921. The van der Waals surface area contributed by atoms with Gasteiger partial charge in [-0.3, -0.25) is 10.1 Å². The molecular weight excluding hydrogens is 356 g/mol. The average Bonchev–Trinajstić information content (AvgIpc) is 2.68. The monoisotopic (exact) mass is 380 g/mol. The lowest BCUT2D eigenvalue weighted by atomic mass is 9.90. The minimum absolute atomic E-state index is 0.424. The molecule has 6 nitrogen and oxygen atoms in total. The largest absolute Gasteiger partial charge is 0.452 e. The van der Waals surface area contributed by atoms with E-state index in [1.54, 1.807) is 12.1 Å². The van der Waals surface area contributed by atoms with E-state index in [0.717, 1.165) is 36.0 Å². The van der Waals surface area contributed by atoms with Gasteiger partial charge in [-0.25, -0.2) is 9.59 Å². The summed E-state index contributed by atoms with van der Waals surface area (Å²) in [4.78, 5) is 36.0. The van der Waals surface area contributed by atoms with Crippen molar-refractivity contribution in [3.8, 4) is 0 Å². The number of carbonyl (C=O) groups excluding carboxylic acids is 3. The number of fused-ring (bicyclic) bond motifs is 1. The third-order valence-corrected chi connectivity index (χ3v) is 4.80. The van der Waals surface area contributed by atoms with Gasteiger partial charge in [-0.2, -0.15) is 0 Å². The van der Waals surface area contributed by atoms with Crippen LogP contribution in [-0.4, -0.2) is 24.5 Å². The van der Waals surface area contributed by atoms with Gasteiger partial charge in [0.05, 0.1) is 5.56 Å². The number of hydrogen-bond donors (Lipinski definition) is 2. The van der Waals surface area contributed by atoms with E-state index >= 15 is 0 Å². The van der Waals surface area contributed by atoms with E-state index in [0.29, 0.717) is 11.3 Å². The number of imide groups is 1. The fourth-order valence-electron chi connectivity index (χ4n) is 3.34. The quantitative estimate of drug-likeness (QED) is 0.793. The fourth-order valence-corrected chi connectivity index (χ4v) is 3.34. The van der Waals surface area contributed by atoms with Crippen LogP contribution in [0.15, 0.2) is 36.4 Å². The lowest BCUT2D eigenvalue weighted by Crippen LogP contribution is -2.37. The van der Waals surface area contributed by atoms with Crippen molar-refractivity contribution in [1.29, 1.82) is 0 Å². The number of rotatable bonds is 4. The van der Waals surface area contributed by atoms with Crippen LogP contribution >= 0.6 is 0 Å². The maximum absolute atomic E-state index is 12.2. The van der Waals surface area contributed by atoms with E-state index in [4.69, 9.17) is 4.74 Å². The highest BCUT2D eigenvalue weighted by molar-refractivity contribution is 6.02. The van der Waals surface area contributed by atoms with Gasteiger partial charge in [-0.15, -0.1) is 0 Å². The predicted molar refractivity (Wildman–Crippen MR) is 106 cm³/mol. The van der Waals surface area contributed by atoms with Crippen LogP contribution in [-0.2, 0) is 22.4 Å². The van der Waals surface area contributed by atoms with Crippen molar-refractivity contribution in [3.05, 3.63) is 64.2 Å². The van der Waals surface area contributed by atoms with E-state index < -0.39 is 24.5 Å². The minimum atomic E-state index is -0.687. The molecule has 3 amide bonds. The van der Waals surface area contributed by atoms with Crippen LogP contribution in [0.4, 0.5) is 10.5 Å². The molecule has 146 valence electrons. The first kappa shape index (κ1) is 19.6. The van der Waals surface area contributed by atoms with Gasteiger partial charge in [-0.1, -0.05) is 23.8 Å². The Morgan fingerprint density at radius 3 is 2.46 bits per heavy atom. The van der Waals surface area contributed by atoms with E-state index in [1.165, 1.54) is 12.0 Å². The molecule has 0 bridgehead atoms. The standard InChI is InChI=1S/C22H24N2O4/c1-14-7-10-19(15(2)11-14)23-22(27)24-20(25)13-28-21(26)18-9-8-16-5-3-4-6-17(16)12-18/h7-12H,3-6,13H2,1-2H3,(H2,23,24,25,27). The van der Waals surface area contributed by atoms with Crippen LogP contribution in [0.5, 0.6) is 0 Å². The van der Waals surface area contributed by atoms with E-state index in [9.17, 15) is 14.4 Å². The van der Waals surface area contributed by atoms with Gasteiger partial charge in [-0.05, 0) is 74.4 Å². The number of carbonyl (C=O) groups is 3. The Morgan fingerprint density at radius 2 is 1.71 bits per heavy atom. The number of esters is 1. The molecule has 0 spiro atoms. The second kappa shape index (κ2) is 8.69. The van der Waals surface area contributed by atoms with Crippen molar-refractivity contribution in [1.82, 2.24) is 5.32 Å². The topological polar surface area (TPSA) is 84.5 Å². The smallest absolute Gasteiger partial charge is 0.338 e. The predicted octanol–water partition coefficient (Wildman–Crippen LogP) is 3.69. The number of nitrogens with one attached hydrogen (secondary N) is 2. The molecule has 0 saturated carbocycles. The number of hydrogen-bond acceptors (Lipinski definition) is 4. The molecule has 2 aromatic carbocycles. The molecule has 0 aromatic heterocycles. The maximum atomic E-state index is 12.2. The van der Waals surface area contributed by atoms with E-state index in [2.05, 4.69) is 10.6 Å². The van der Waals surface area contributed by atoms with Crippen LogP contribution in [0, 0.1) is 13.8 Å². The maximum Gasteiger partial charge on any atom is 0.338 e. The number of aryl methyl sites for hydroxylation is 4. The molecule has 2 N–H and O–H groups in total. The second-order valence-electron chi connectivity index (χ2n) is 7.09. The highest BCUT2D eigenvalue weighted by Crippen LogP contribution is 2.22. The highest BCUT2D eigenvalue weighted by Gasteiger charge is 2.16. The summed E-state index contributed by atoms with van der Waals surface area (Å²) in [5.74, 6) is -1.26. The van der Waals surface area contributed by atoms with E-state index in [1.807, 2.05) is 38.1 Å². The van der Waals surface area contributed by atoms with Gasteiger partial charge in [0.1, 0.15) is 0 Å². The molecule has 0 aliphatic heterocycles. The second-order valence-corrected chi connectivity index (χ2v) is 7.09. The van der Waals surface area contributed by atoms with Gasteiger partial charge in [0.25, 0.3) is 5.91 Å². The molecule has 0 radical (unpaired) electrons. The highest BCUT2D eigenvalue weighted by atomic mass is 16.5. The third kappa shape index (κ3) is 4.97. The van der Waals surface area contributed by atoms with Gasteiger partial charge >= 0.3 is 12.0 Å². The number of urea groups is 1.